The smallest absolute Gasteiger partial charge is 0.267 e. The van der Waals surface area contributed by atoms with Crippen LogP contribution < -0.4 is 10.9 Å². The number of carbonyl (C=O) groups is 2. The van der Waals surface area contributed by atoms with E-state index in [4.69, 9.17) is 0 Å². The number of amides is 1. The summed E-state index contributed by atoms with van der Waals surface area (Å²) in [6.45, 7) is 3.07. The molecule has 0 fully saturated rings. The van der Waals surface area contributed by atoms with Crippen LogP contribution >= 0.6 is 11.3 Å². The van der Waals surface area contributed by atoms with Gasteiger partial charge in [0.25, 0.3) is 5.56 Å². The Balaban J connectivity index is 1.85. The van der Waals surface area contributed by atoms with Crippen molar-refractivity contribution in [2.45, 2.75) is 19.9 Å². The van der Waals surface area contributed by atoms with E-state index < -0.39 is 6.04 Å². The summed E-state index contributed by atoms with van der Waals surface area (Å²) < 4.78 is 1.17. The van der Waals surface area contributed by atoms with Crippen LogP contribution in [0, 0.1) is 0 Å². The number of thiophene rings is 1. The third kappa shape index (κ3) is 3.78. The van der Waals surface area contributed by atoms with Crippen LogP contribution in [0.2, 0.25) is 0 Å². The van der Waals surface area contributed by atoms with Crippen molar-refractivity contribution in [3.63, 3.8) is 0 Å². The van der Waals surface area contributed by atoms with Gasteiger partial charge in [-0.2, -0.15) is 5.10 Å². The van der Waals surface area contributed by atoms with Crippen molar-refractivity contribution in [3.05, 3.63) is 69.8 Å². The third-order valence-electron chi connectivity index (χ3n) is 3.88. The SMILES string of the molecule is CC(=O)c1cccc(NC(=O)C(C)n2nc(-c3cccs3)ccc2=O)c1. The van der Waals surface area contributed by atoms with E-state index in [0.29, 0.717) is 16.9 Å². The van der Waals surface area contributed by atoms with Crippen LogP contribution in [0.25, 0.3) is 10.6 Å². The van der Waals surface area contributed by atoms with Crippen LogP contribution in [0.1, 0.15) is 30.2 Å². The fourth-order valence-electron chi connectivity index (χ4n) is 2.43. The highest BCUT2D eigenvalue weighted by Gasteiger charge is 2.18. The Kier molecular flexibility index (Phi) is 5.09. The molecule has 0 bridgehead atoms. The minimum absolute atomic E-state index is 0.0873. The summed E-state index contributed by atoms with van der Waals surface area (Å²) in [5.74, 6) is -0.473. The number of anilines is 1. The average Bonchev–Trinajstić information content (AvgIpc) is 3.16. The van der Waals surface area contributed by atoms with Crippen LogP contribution in [-0.2, 0) is 4.79 Å². The van der Waals surface area contributed by atoms with E-state index in [1.807, 2.05) is 17.5 Å². The Morgan fingerprint density at radius 2 is 1.96 bits per heavy atom. The molecular weight excluding hydrogens is 350 g/mol. The summed E-state index contributed by atoms with van der Waals surface area (Å²) >= 11 is 1.51. The van der Waals surface area contributed by atoms with E-state index in [0.717, 1.165) is 4.88 Å². The number of ketones is 1. The van der Waals surface area contributed by atoms with Gasteiger partial charge in [-0.1, -0.05) is 18.2 Å². The molecule has 0 saturated heterocycles. The number of rotatable bonds is 5. The van der Waals surface area contributed by atoms with Gasteiger partial charge in [-0.05, 0) is 43.5 Å². The van der Waals surface area contributed by atoms with E-state index in [9.17, 15) is 14.4 Å². The van der Waals surface area contributed by atoms with Gasteiger partial charge < -0.3 is 5.32 Å². The Labute approximate surface area is 154 Å². The van der Waals surface area contributed by atoms with Gasteiger partial charge in [0.2, 0.25) is 5.91 Å². The molecule has 0 aliphatic rings. The standard InChI is InChI=1S/C19H17N3O3S/c1-12(19(25)20-15-6-3-5-14(11-15)13(2)23)22-18(24)9-8-16(21-22)17-7-4-10-26-17/h3-12H,1-2H3,(H,20,25). The Bertz CT molecular complexity index is 1010. The van der Waals surface area contributed by atoms with Crippen LogP contribution in [-0.4, -0.2) is 21.5 Å². The van der Waals surface area contributed by atoms with E-state index >= 15 is 0 Å². The molecule has 1 atom stereocenters. The molecule has 132 valence electrons. The highest BCUT2D eigenvalue weighted by atomic mass is 32.1. The van der Waals surface area contributed by atoms with Crippen molar-refractivity contribution in [1.29, 1.82) is 0 Å². The highest BCUT2D eigenvalue weighted by molar-refractivity contribution is 7.13. The van der Waals surface area contributed by atoms with E-state index in [1.54, 1.807) is 37.3 Å². The van der Waals surface area contributed by atoms with Gasteiger partial charge in [0.05, 0.1) is 4.88 Å². The Morgan fingerprint density at radius 3 is 2.65 bits per heavy atom. The Hall–Kier alpha value is -3.06. The minimum Gasteiger partial charge on any atom is -0.324 e. The van der Waals surface area contributed by atoms with Crippen molar-refractivity contribution in [1.82, 2.24) is 9.78 Å². The molecule has 6 nitrogen and oxygen atoms in total. The topological polar surface area (TPSA) is 81.1 Å². The quantitative estimate of drug-likeness (QED) is 0.701. The molecule has 1 unspecified atom stereocenters. The number of nitrogens with one attached hydrogen (secondary N) is 1. The second-order valence-electron chi connectivity index (χ2n) is 5.78. The van der Waals surface area contributed by atoms with Gasteiger partial charge in [0.15, 0.2) is 5.78 Å². The lowest BCUT2D eigenvalue weighted by Crippen LogP contribution is -2.33. The molecule has 2 heterocycles. The van der Waals surface area contributed by atoms with Crippen LogP contribution in [0.4, 0.5) is 5.69 Å². The fourth-order valence-corrected chi connectivity index (χ4v) is 3.12. The van der Waals surface area contributed by atoms with Crippen molar-refractivity contribution < 1.29 is 9.59 Å². The number of Topliss-reactive ketones (excluding diaryl/α,β-unsaturated/α-hetero) is 1. The van der Waals surface area contributed by atoms with Gasteiger partial charge in [-0.15, -0.1) is 11.3 Å². The maximum absolute atomic E-state index is 12.6. The van der Waals surface area contributed by atoms with Crippen molar-refractivity contribution >= 4 is 28.7 Å². The number of hydrogen-bond donors (Lipinski definition) is 1. The minimum atomic E-state index is -0.802. The first-order chi connectivity index (χ1) is 12.5. The Morgan fingerprint density at radius 1 is 1.15 bits per heavy atom. The normalized spacial score (nSPS) is 11.8. The first-order valence-electron chi connectivity index (χ1n) is 8.01. The zero-order valence-corrected chi connectivity index (χ0v) is 15.1. The average molecular weight is 367 g/mol. The molecule has 1 N–H and O–H groups in total. The summed E-state index contributed by atoms with van der Waals surface area (Å²) in [4.78, 5) is 37.1. The third-order valence-corrected chi connectivity index (χ3v) is 4.77. The van der Waals surface area contributed by atoms with Crippen LogP contribution in [0.3, 0.4) is 0 Å². The lowest BCUT2D eigenvalue weighted by molar-refractivity contribution is -0.119. The van der Waals surface area contributed by atoms with Crippen molar-refractivity contribution in [3.8, 4) is 10.6 Å². The zero-order chi connectivity index (χ0) is 18.7. The van der Waals surface area contributed by atoms with E-state index in [1.165, 1.54) is 29.0 Å². The molecule has 1 amide bonds. The van der Waals surface area contributed by atoms with E-state index in [2.05, 4.69) is 10.4 Å². The van der Waals surface area contributed by atoms with Crippen LogP contribution in [0.15, 0.2) is 58.7 Å². The first-order valence-corrected chi connectivity index (χ1v) is 8.89. The molecule has 3 aromatic rings. The molecule has 0 saturated carbocycles. The molecule has 0 spiro atoms. The summed E-state index contributed by atoms with van der Waals surface area (Å²) in [5, 5.41) is 8.97. The largest absolute Gasteiger partial charge is 0.324 e. The number of aromatic nitrogens is 2. The van der Waals surface area contributed by atoms with E-state index in [-0.39, 0.29) is 17.2 Å². The molecule has 2 aromatic heterocycles. The molecule has 7 heteroatoms. The maximum Gasteiger partial charge on any atom is 0.267 e. The lowest BCUT2D eigenvalue weighted by atomic mass is 10.1. The predicted octanol–water partition coefficient (Wildman–Crippen LogP) is 3.37. The summed E-state index contributed by atoms with van der Waals surface area (Å²) in [6.07, 6.45) is 0. The number of hydrogen-bond acceptors (Lipinski definition) is 5. The number of nitrogens with zero attached hydrogens (tertiary/aromatic N) is 2. The molecule has 1 aromatic carbocycles. The van der Waals surface area contributed by atoms with Crippen molar-refractivity contribution in [2.24, 2.45) is 0 Å². The second-order valence-corrected chi connectivity index (χ2v) is 6.73. The fraction of sp³-hybridized carbons (Fsp3) is 0.158. The molecule has 26 heavy (non-hydrogen) atoms. The van der Waals surface area contributed by atoms with Gasteiger partial charge in [-0.25, -0.2) is 4.68 Å². The van der Waals surface area contributed by atoms with Gasteiger partial charge in [0.1, 0.15) is 11.7 Å². The summed E-state index contributed by atoms with van der Waals surface area (Å²) in [6, 6.07) is 12.7. The zero-order valence-electron chi connectivity index (χ0n) is 14.3. The molecular formula is C19H17N3O3S. The summed E-state index contributed by atoms with van der Waals surface area (Å²) in [5.41, 5.74) is 1.28. The second kappa shape index (κ2) is 7.45. The number of carbonyl (C=O) groups excluding carboxylic acids is 2. The molecule has 0 aliphatic carbocycles. The monoisotopic (exact) mass is 367 g/mol. The van der Waals surface area contributed by atoms with Crippen LogP contribution in [0.5, 0.6) is 0 Å². The summed E-state index contributed by atoms with van der Waals surface area (Å²) in [7, 11) is 0. The molecule has 0 aliphatic heterocycles. The predicted molar refractivity (Wildman–Crippen MR) is 102 cm³/mol. The van der Waals surface area contributed by atoms with Gasteiger partial charge in [-0.3, -0.25) is 14.4 Å². The molecule has 0 radical (unpaired) electrons. The molecule has 3 rings (SSSR count). The lowest BCUT2D eigenvalue weighted by Gasteiger charge is -2.15. The highest BCUT2D eigenvalue weighted by Crippen LogP contribution is 2.22. The van der Waals surface area contributed by atoms with Gasteiger partial charge >= 0.3 is 0 Å². The van der Waals surface area contributed by atoms with Crippen molar-refractivity contribution in [2.75, 3.05) is 5.32 Å². The van der Waals surface area contributed by atoms with Gasteiger partial charge in [0, 0.05) is 17.3 Å². The number of benzene rings is 1. The first kappa shape index (κ1) is 17.8. The maximum atomic E-state index is 12.6.